The van der Waals surface area contributed by atoms with Gasteiger partial charge in [-0.05, 0) is 42.0 Å². The standard InChI is InChI=1S/C23H24N2O4/c26-22(24-11-9-19(10-12-24)23(27)28)15-25-13-8-18-6-7-20(14-21(18)25)29-16-17-4-2-1-3-5-17/h1-8,13-14,19H,9-12,15-16H2,(H,27,28). The van der Waals surface area contributed by atoms with Gasteiger partial charge in [0.15, 0.2) is 0 Å². The minimum absolute atomic E-state index is 0.0157. The van der Waals surface area contributed by atoms with Gasteiger partial charge in [0, 0.05) is 25.4 Å². The van der Waals surface area contributed by atoms with E-state index in [1.807, 2.05) is 65.4 Å². The van der Waals surface area contributed by atoms with Gasteiger partial charge in [-0.1, -0.05) is 30.3 Å². The summed E-state index contributed by atoms with van der Waals surface area (Å²) in [6.07, 6.45) is 2.95. The molecule has 0 unspecified atom stereocenters. The number of carbonyl (C=O) groups excluding carboxylic acids is 1. The molecule has 29 heavy (non-hydrogen) atoms. The highest BCUT2D eigenvalue weighted by molar-refractivity contribution is 5.84. The molecule has 6 nitrogen and oxygen atoms in total. The van der Waals surface area contributed by atoms with Gasteiger partial charge in [0.2, 0.25) is 5.91 Å². The summed E-state index contributed by atoms with van der Waals surface area (Å²) < 4.78 is 7.84. The van der Waals surface area contributed by atoms with Crippen LogP contribution in [0.5, 0.6) is 5.75 Å². The average Bonchev–Trinajstić information content (AvgIpc) is 3.15. The third kappa shape index (κ3) is 4.42. The molecule has 0 aliphatic carbocycles. The fourth-order valence-electron chi connectivity index (χ4n) is 3.75. The first-order valence-corrected chi connectivity index (χ1v) is 9.86. The molecule has 0 bridgehead atoms. The average molecular weight is 392 g/mol. The van der Waals surface area contributed by atoms with Crippen LogP contribution in [0.25, 0.3) is 10.9 Å². The number of carboxylic acid groups (broad SMARTS) is 1. The normalized spacial score (nSPS) is 14.8. The third-order valence-corrected chi connectivity index (χ3v) is 5.50. The Morgan fingerprint density at radius 2 is 1.79 bits per heavy atom. The molecule has 6 heteroatoms. The van der Waals surface area contributed by atoms with E-state index in [0.29, 0.717) is 32.5 Å². The van der Waals surface area contributed by atoms with E-state index < -0.39 is 5.97 Å². The first-order valence-electron chi connectivity index (χ1n) is 9.86. The number of piperidine rings is 1. The molecule has 0 radical (unpaired) electrons. The molecule has 4 rings (SSSR count). The van der Waals surface area contributed by atoms with E-state index >= 15 is 0 Å². The summed E-state index contributed by atoms with van der Waals surface area (Å²) in [6, 6.07) is 17.9. The fraction of sp³-hybridized carbons (Fsp3) is 0.304. The first kappa shape index (κ1) is 19.1. The van der Waals surface area contributed by atoms with Gasteiger partial charge in [0.05, 0.1) is 11.4 Å². The van der Waals surface area contributed by atoms with Gasteiger partial charge in [0.25, 0.3) is 0 Å². The molecule has 3 aromatic rings. The SMILES string of the molecule is O=C(O)C1CCN(C(=O)Cn2ccc3ccc(OCc4ccccc4)cc32)CC1. The van der Waals surface area contributed by atoms with Gasteiger partial charge >= 0.3 is 5.97 Å². The Kier molecular flexibility index (Phi) is 5.51. The number of rotatable bonds is 6. The van der Waals surface area contributed by atoms with Crippen molar-refractivity contribution in [3.05, 3.63) is 66.4 Å². The van der Waals surface area contributed by atoms with Crippen LogP contribution in [0.2, 0.25) is 0 Å². The summed E-state index contributed by atoms with van der Waals surface area (Å²) in [7, 11) is 0. The van der Waals surface area contributed by atoms with E-state index in [-0.39, 0.29) is 18.4 Å². The summed E-state index contributed by atoms with van der Waals surface area (Å²) >= 11 is 0. The number of benzene rings is 2. The van der Waals surface area contributed by atoms with Crippen molar-refractivity contribution in [3.63, 3.8) is 0 Å². The summed E-state index contributed by atoms with van der Waals surface area (Å²) in [5.74, 6) is -0.328. The molecule has 0 atom stereocenters. The molecule has 1 fully saturated rings. The quantitative estimate of drug-likeness (QED) is 0.696. The summed E-state index contributed by atoms with van der Waals surface area (Å²) in [4.78, 5) is 25.6. The number of carbonyl (C=O) groups is 2. The highest BCUT2D eigenvalue weighted by Gasteiger charge is 2.27. The van der Waals surface area contributed by atoms with Gasteiger partial charge < -0.3 is 19.3 Å². The maximum absolute atomic E-state index is 12.7. The number of fused-ring (bicyclic) bond motifs is 1. The van der Waals surface area contributed by atoms with Crippen LogP contribution >= 0.6 is 0 Å². The van der Waals surface area contributed by atoms with E-state index in [9.17, 15) is 9.59 Å². The van der Waals surface area contributed by atoms with Gasteiger partial charge in [-0.25, -0.2) is 0 Å². The highest BCUT2D eigenvalue weighted by Crippen LogP contribution is 2.24. The maximum atomic E-state index is 12.7. The van der Waals surface area contributed by atoms with E-state index in [1.165, 1.54) is 0 Å². The Labute approximate surface area is 169 Å². The lowest BCUT2D eigenvalue weighted by molar-refractivity contribution is -0.145. The third-order valence-electron chi connectivity index (χ3n) is 5.50. The number of hydrogen-bond donors (Lipinski definition) is 1. The van der Waals surface area contributed by atoms with Gasteiger partial charge in [-0.3, -0.25) is 9.59 Å². The first-order chi connectivity index (χ1) is 14.1. The summed E-state index contributed by atoms with van der Waals surface area (Å²) in [5, 5.41) is 10.2. The second-order valence-electron chi connectivity index (χ2n) is 7.43. The minimum atomic E-state index is -0.767. The van der Waals surface area contributed by atoms with Crippen molar-refractivity contribution in [2.75, 3.05) is 13.1 Å². The molecule has 1 aliphatic rings. The van der Waals surface area contributed by atoms with Crippen LogP contribution in [0.3, 0.4) is 0 Å². The monoisotopic (exact) mass is 392 g/mol. The largest absolute Gasteiger partial charge is 0.489 e. The molecule has 1 aromatic heterocycles. The highest BCUT2D eigenvalue weighted by atomic mass is 16.5. The predicted molar refractivity (Wildman–Crippen MR) is 110 cm³/mol. The Balaban J connectivity index is 1.42. The van der Waals surface area contributed by atoms with Crippen molar-refractivity contribution in [1.82, 2.24) is 9.47 Å². The summed E-state index contributed by atoms with van der Waals surface area (Å²) in [6.45, 7) is 1.73. The molecule has 150 valence electrons. The fourth-order valence-corrected chi connectivity index (χ4v) is 3.75. The lowest BCUT2D eigenvalue weighted by Crippen LogP contribution is -2.41. The zero-order chi connectivity index (χ0) is 20.2. The van der Waals surface area contributed by atoms with Crippen molar-refractivity contribution < 1.29 is 19.4 Å². The van der Waals surface area contributed by atoms with Crippen LogP contribution in [-0.4, -0.2) is 39.5 Å². The molecule has 0 spiro atoms. The minimum Gasteiger partial charge on any atom is -0.489 e. The number of likely N-dealkylation sites (tertiary alicyclic amines) is 1. The zero-order valence-corrected chi connectivity index (χ0v) is 16.2. The smallest absolute Gasteiger partial charge is 0.306 e. The molecular weight excluding hydrogens is 368 g/mol. The van der Waals surface area contributed by atoms with E-state index in [4.69, 9.17) is 9.84 Å². The van der Waals surface area contributed by atoms with Crippen molar-refractivity contribution in [2.45, 2.75) is 26.0 Å². The van der Waals surface area contributed by atoms with Crippen molar-refractivity contribution in [1.29, 1.82) is 0 Å². The molecular formula is C23H24N2O4. The lowest BCUT2D eigenvalue weighted by Gasteiger charge is -2.30. The molecule has 2 heterocycles. The number of nitrogens with zero attached hydrogens (tertiary/aromatic N) is 2. The van der Waals surface area contributed by atoms with Crippen molar-refractivity contribution in [3.8, 4) is 5.75 Å². The van der Waals surface area contributed by atoms with Gasteiger partial charge in [-0.15, -0.1) is 0 Å². The zero-order valence-electron chi connectivity index (χ0n) is 16.2. The van der Waals surface area contributed by atoms with E-state index in [1.54, 1.807) is 4.90 Å². The van der Waals surface area contributed by atoms with Crippen LogP contribution in [0.15, 0.2) is 60.8 Å². The van der Waals surface area contributed by atoms with Crippen LogP contribution in [0.4, 0.5) is 0 Å². The molecule has 2 aromatic carbocycles. The summed E-state index contributed by atoms with van der Waals surface area (Å²) in [5.41, 5.74) is 2.05. The Bertz CT molecular complexity index is 1000. The Morgan fingerprint density at radius 1 is 1.03 bits per heavy atom. The van der Waals surface area contributed by atoms with Crippen molar-refractivity contribution >= 4 is 22.8 Å². The lowest BCUT2D eigenvalue weighted by atomic mass is 9.97. The molecule has 0 saturated carbocycles. The van der Waals surface area contributed by atoms with Crippen LogP contribution < -0.4 is 4.74 Å². The maximum Gasteiger partial charge on any atom is 0.306 e. The Morgan fingerprint density at radius 3 is 2.52 bits per heavy atom. The number of carboxylic acids is 1. The van der Waals surface area contributed by atoms with Gasteiger partial charge in [0.1, 0.15) is 18.9 Å². The molecule has 1 aliphatic heterocycles. The van der Waals surface area contributed by atoms with Crippen LogP contribution in [0.1, 0.15) is 18.4 Å². The molecule has 1 saturated heterocycles. The number of aromatic nitrogens is 1. The number of aliphatic carboxylic acids is 1. The van der Waals surface area contributed by atoms with Gasteiger partial charge in [-0.2, -0.15) is 0 Å². The second kappa shape index (κ2) is 8.39. The predicted octanol–water partition coefficient (Wildman–Crippen LogP) is 3.54. The molecule has 1 amide bonds. The second-order valence-corrected chi connectivity index (χ2v) is 7.43. The van der Waals surface area contributed by atoms with Crippen LogP contribution in [-0.2, 0) is 22.7 Å². The number of amides is 1. The Hall–Kier alpha value is -3.28. The van der Waals surface area contributed by atoms with E-state index in [0.717, 1.165) is 22.2 Å². The number of hydrogen-bond acceptors (Lipinski definition) is 3. The number of ether oxygens (including phenoxy) is 1. The van der Waals surface area contributed by atoms with Crippen LogP contribution in [0, 0.1) is 5.92 Å². The van der Waals surface area contributed by atoms with Crippen molar-refractivity contribution in [2.24, 2.45) is 5.92 Å². The topological polar surface area (TPSA) is 71.8 Å². The molecule has 1 N–H and O–H groups in total. The van der Waals surface area contributed by atoms with E-state index in [2.05, 4.69) is 0 Å².